The Labute approximate surface area is 179 Å². The van der Waals surface area contributed by atoms with Crippen molar-refractivity contribution in [2.75, 3.05) is 11.1 Å². The smallest absolute Gasteiger partial charge is 0.272 e. The van der Waals surface area contributed by atoms with E-state index in [1.54, 1.807) is 4.57 Å². The first kappa shape index (κ1) is 21.6. The van der Waals surface area contributed by atoms with Crippen molar-refractivity contribution < 1.29 is 4.79 Å². The lowest BCUT2D eigenvalue weighted by Crippen LogP contribution is -2.23. The summed E-state index contributed by atoms with van der Waals surface area (Å²) in [6.45, 7) is 11.0. The van der Waals surface area contributed by atoms with Gasteiger partial charge in [-0.1, -0.05) is 57.7 Å². The standard InChI is InChI=1S/C22H27N3O2S2/c1-6-25-21(27)20-17(10-11-28-20)23-22(25)29-12-18(26)24-19-15(13(2)3)8-7-9-16(19)14(4)5/h7-11,13-14H,6,12H2,1-5H3,(H,24,26). The molecule has 0 saturated heterocycles. The quantitative estimate of drug-likeness (QED) is 0.400. The van der Waals surface area contributed by atoms with Gasteiger partial charge in [-0.15, -0.1) is 11.3 Å². The van der Waals surface area contributed by atoms with E-state index in [1.165, 1.54) is 23.1 Å². The number of thioether (sulfide) groups is 1. The van der Waals surface area contributed by atoms with Gasteiger partial charge in [0, 0.05) is 12.2 Å². The maximum atomic E-state index is 12.8. The van der Waals surface area contributed by atoms with Crippen LogP contribution in [0.3, 0.4) is 0 Å². The van der Waals surface area contributed by atoms with E-state index in [0.29, 0.717) is 33.8 Å². The van der Waals surface area contributed by atoms with Crippen molar-refractivity contribution in [3.05, 3.63) is 51.1 Å². The number of benzene rings is 1. The molecule has 5 nitrogen and oxygen atoms in total. The molecule has 0 aliphatic rings. The number of nitrogens with one attached hydrogen (secondary N) is 1. The lowest BCUT2D eigenvalue weighted by Gasteiger charge is -2.20. The van der Waals surface area contributed by atoms with E-state index in [4.69, 9.17) is 0 Å². The highest BCUT2D eigenvalue weighted by atomic mass is 32.2. The molecule has 0 saturated carbocycles. The van der Waals surface area contributed by atoms with Gasteiger partial charge in [0.05, 0.1) is 11.3 Å². The first-order chi connectivity index (χ1) is 13.8. The Morgan fingerprint density at radius 2 is 1.83 bits per heavy atom. The third kappa shape index (κ3) is 4.56. The molecule has 1 N–H and O–H groups in total. The van der Waals surface area contributed by atoms with Gasteiger partial charge in [-0.3, -0.25) is 14.2 Å². The van der Waals surface area contributed by atoms with E-state index < -0.39 is 0 Å². The number of para-hydroxylation sites is 1. The second-order valence-electron chi connectivity index (χ2n) is 7.54. The molecule has 2 aromatic heterocycles. The van der Waals surface area contributed by atoms with Gasteiger partial charge in [-0.2, -0.15) is 0 Å². The van der Waals surface area contributed by atoms with Crippen molar-refractivity contribution in [1.29, 1.82) is 0 Å². The third-order valence-corrected chi connectivity index (χ3v) is 6.68. The van der Waals surface area contributed by atoms with Crippen LogP contribution in [0.5, 0.6) is 0 Å². The van der Waals surface area contributed by atoms with Crippen LogP contribution in [0.4, 0.5) is 5.69 Å². The number of thiophene rings is 1. The number of nitrogens with zero attached hydrogens (tertiary/aromatic N) is 2. The van der Waals surface area contributed by atoms with Gasteiger partial charge in [0.25, 0.3) is 5.56 Å². The summed E-state index contributed by atoms with van der Waals surface area (Å²) >= 11 is 2.71. The van der Waals surface area contributed by atoms with Crippen molar-refractivity contribution in [3.63, 3.8) is 0 Å². The number of anilines is 1. The predicted octanol–water partition coefficient (Wildman–Crippen LogP) is 5.46. The highest BCUT2D eigenvalue weighted by Gasteiger charge is 2.17. The number of hydrogen-bond acceptors (Lipinski definition) is 5. The number of amides is 1. The molecule has 0 atom stereocenters. The van der Waals surface area contributed by atoms with Crippen LogP contribution in [0.25, 0.3) is 10.2 Å². The van der Waals surface area contributed by atoms with Gasteiger partial charge in [0.15, 0.2) is 5.16 Å². The van der Waals surface area contributed by atoms with E-state index >= 15 is 0 Å². The lowest BCUT2D eigenvalue weighted by atomic mass is 9.92. The Morgan fingerprint density at radius 1 is 1.17 bits per heavy atom. The zero-order chi connectivity index (χ0) is 21.1. The monoisotopic (exact) mass is 429 g/mol. The second kappa shape index (κ2) is 9.13. The fourth-order valence-corrected chi connectivity index (χ4v) is 4.96. The average molecular weight is 430 g/mol. The number of hydrogen-bond donors (Lipinski definition) is 1. The van der Waals surface area contributed by atoms with Crippen molar-refractivity contribution in [2.24, 2.45) is 0 Å². The van der Waals surface area contributed by atoms with Gasteiger partial charge in [-0.25, -0.2) is 4.98 Å². The summed E-state index contributed by atoms with van der Waals surface area (Å²) in [5, 5.41) is 5.58. The van der Waals surface area contributed by atoms with Crippen LogP contribution in [0, 0.1) is 0 Å². The molecule has 0 unspecified atom stereocenters. The van der Waals surface area contributed by atoms with Gasteiger partial charge in [0.1, 0.15) is 4.70 Å². The summed E-state index contributed by atoms with van der Waals surface area (Å²) in [6.07, 6.45) is 0. The van der Waals surface area contributed by atoms with E-state index in [0.717, 1.165) is 16.8 Å². The molecule has 2 heterocycles. The topological polar surface area (TPSA) is 64.0 Å². The molecular formula is C22H27N3O2S2. The molecule has 0 aliphatic heterocycles. The van der Waals surface area contributed by atoms with E-state index in [1.807, 2.05) is 18.4 Å². The minimum Gasteiger partial charge on any atom is -0.325 e. The fraction of sp³-hybridized carbons (Fsp3) is 0.409. The number of fused-ring (bicyclic) bond motifs is 1. The van der Waals surface area contributed by atoms with E-state index in [-0.39, 0.29) is 17.2 Å². The van der Waals surface area contributed by atoms with Crippen LogP contribution in [-0.2, 0) is 11.3 Å². The first-order valence-corrected chi connectivity index (χ1v) is 11.7. The Bertz CT molecular complexity index is 1060. The van der Waals surface area contributed by atoms with Gasteiger partial charge < -0.3 is 5.32 Å². The molecule has 154 valence electrons. The molecule has 0 bridgehead atoms. The van der Waals surface area contributed by atoms with Crippen LogP contribution >= 0.6 is 23.1 Å². The summed E-state index contributed by atoms with van der Waals surface area (Å²) in [7, 11) is 0. The average Bonchev–Trinajstić information content (AvgIpc) is 3.15. The molecule has 0 fully saturated rings. The molecule has 0 aliphatic carbocycles. The minimum absolute atomic E-state index is 0.0392. The number of carbonyl (C=O) groups excluding carboxylic acids is 1. The maximum absolute atomic E-state index is 12.8. The molecule has 1 aromatic carbocycles. The van der Waals surface area contributed by atoms with Crippen LogP contribution in [0.2, 0.25) is 0 Å². The summed E-state index contributed by atoms with van der Waals surface area (Å²) in [6, 6.07) is 8.04. The highest BCUT2D eigenvalue weighted by Crippen LogP contribution is 2.32. The number of aromatic nitrogens is 2. The van der Waals surface area contributed by atoms with E-state index in [9.17, 15) is 9.59 Å². The molecule has 1 amide bonds. The fourth-order valence-electron chi connectivity index (χ4n) is 3.31. The largest absolute Gasteiger partial charge is 0.325 e. The molecule has 7 heteroatoms. The van der Waals surface area contributed by atoms with Crippen molar-refractivity contribution in [2.45, 2.75) is 58.2 Å². The highest BCUT2D eigenvalue weighted by molar-refractivity contribution is 7.99. The SMILES string of the molecule is CCn1c(SCC(=O)Nc2c(C(C)C)cccc2C(C)C)nc2ccsc2c1=O. The normalized spacial score (nSPS) is 11.6. The molecule has 0 radical (unpaired) electrons. The van der Waals surface area contributed by atoms with Crippen molar-refractivity contribution in [1.82, 2.24) is 9.55 Å². The van der Waals surface area contributed by atoms with Crippen LogP contribution in [0.15, 0.2) is 39.6 Å². The molecule has 3 aromatic rings. The zero-order valence-corrected chi connectivity index (χ0v) is 19.1. The summed E-state index contributed by atoms with van der Waals surface area (Å²) < 4.78 is 2.30. The number of carbonyl (C=O) groups is 1. The molecular weight excluding hydrogens is 402 g/mol. The summed E-state index contributed by atoms with van der Waals surface area (Å²) in [5.41, 5.74) is 3.84. The Balaban J connectivity index is 1.83. The summed E-state index contributed by atoms with van der Waals surface area (Å²) in [5.74, 6) is 0.730. The Morgan fingerprint density at radius 3 is 2.41 bits per heavy atom. The van der Waals surface area contributed by atoms with Gasteiger partial charge in [-0.05, 0) is 41.3 Å². The number of rotatable bonds is 7. The molecule has 0 spiro atoms. The molecule has 3 rings (SSSR count). The first-order valence-electron chi connectivity index (χ1n) is 9.86. The Hall–Kier alpha value is -2.12. The van der Waals surface area contributed by atoms with Crippen molar-refractivity contribution in [3.8, 4) is 0 Å². The Kier molecular flexibility index (Phi) is 6.80. The predicted molar refractivity (Wildman–Crippen MR) is 124 cm³/mol. The second-order valence-corrected chi connectivity index (χ2v) is 9.40. The maximum Gasteiger partial charge on any atom is 0.272 e. The van der Waals surface area contributed by atoms with Gasteiger partial charge >= 0.3 is 0 Å². The van der Waals surface area contributed by atoms with Gasteiger partial charge in [0.2, 0.25) is 5.91 Å². The van der Waals surface area contributed by atoms with E-state index in [2.05, 4.69) is 56.2 Å². The van der Waals surface area contributed by atoms with Crippen molar-refractivity contribution >= 4 is 44.9 Å². The zero-order valence-electron chi connectivity index (χ0n) is 17.5. The minimum atomic E-state index is -0.0904. The van der Waals surface area contributed by atoms with Crippen LogP contribution in [0.1, 0.15) is 57.6 Å². The third-order valence-electron chi connectivity index (χ3n) is 4.82. The lowest BCUT2D eigenvalue weighted by molar-refractivity contribution is -0.113. The van der Waals surface area contributed by atoms with Crippen LogP contribution in [-0.4, -0.2) is 21.2 Å². The summed E-state index contributed by atoms with van der Waals surface area (Å²) in [4.78, 5) is 30.0. The van der Waals surface area contributed by atoms with Crippen LogP contribution < -0.4 is 10.9 Å². The molecule has 29 heavy (non-hydrogen) atoms.